The molecule has 0 aromatic heterocycles. The van der Waals surface area contributed by atoms with Crippen molar-refractivity contribution >= 4 is 0 Å². The molecule has 0 aliphatic heterocycles. The Morgan fingerprint density at radius 2 is 2.22 bits per heavy atom. The van der Waals surface area contributed by atoms with E-state index in [9.17, 15) is 5.11 Å². The van der Waals surface area contributed by atoms with E-state index in [1.54, 1.807) is 19.2 Å². The van der Waals surface area contributed by atoms with Crippen LogP contribution < -0.4 is 10.1 Å². The van der Waals surface area contributed by atoms with E-state index in [0.717, 1.165) is 24.2 Å². The molecule has 0 fully saturated rings. The summed E-state index contributed by atoms with van der Waals surface area (Å²) in [4.78, 5) is 0. The smallest absolute Gasteiger partial charge is 0.120 e. The molecule has 0 aliphatic rings. The third kappa shape index (κ3) is 3.68. The third-order valence-electron chi connectivity index (χ3n) is 2.93. The number of terminal acetylenes is 1. The summed E-state index contributed by atoms with van der Waals surface area (Å²) in [5, 5.41) is 13.2. The summed E-state index contributed by atoms with van der Waals surface area (Å²) in [7, 11) is 1.61. The van der Waals surface area contributed by atoms with Crippen molar-refractivity contribution in [3.63, 3.8) is 0 Å². The molecule has 0 bridgehead atoms. The molecule has 1 aromatic carbocycles. The lowest BCUT2D eigenvalue weighted by Gasteiger charge is -2.20. The van der Waals surface area contributed by atoms with Crippen LogP contribution in [0.1, 0.15) is 38.3 Å². The van der Waals surface area contributed by atoms with Crippen LogP contribution in [0.2, 0.25) is 0 Å². The van der Waals surface area contributed by atoms with Gasteiger partial charge in [-0.3, -0.25) is 5.32 Å². The average Bonchev–Trinajstić information content (AvgIpc) is 2.38. The number of phenols is 1. The predicted molar refractivity (Wildman–Crippen MR) is 73.7 cm³/mol. The molecule has 1 aromatic rings. The van der Waals surface area contributed by atoms with E-state index >= 15 is 0 Å². The highest BCUT2D eigenvalue weighted by atomic mass is 16.5. The number of aromatic hydroxyl groups is 1. The van der Waals surface area contributed by atoms with Gasteiger partial charge >= 0.3 is 0 Å². The van der Waals surface area contributed by atoms with Crippen LogP contribution in [0, 0.1) is 12.3 Å². The molecule has 0 saturated carbocycles. The van der Waals surface area contributed by atoms with E-state index < -0.39 is 0 Å². The van der Waals surface area contributed by atoms with E-state index in [1.165, 1.54) is 0 Å². The van der Waals surface area contributed by atoms with Gasteiger partial charge in [0.25, 0.3) is 0 Å². The van der Waals surface area contributed by atoms with Gasteiger partial charge in [0.2, 0.25) is 0 Å². The van der Waals surface area contributed by atoms with Gasteiger partial charge in [-0.25, -0.2) is 0 Å². The van der Waals surface area contributed by atoms with Gasteiger partial charge in [-0.1, -0.05) is 19.3 Å². The van der Waals surface area contributed by atoms with Crippen molar-refractivity contribution < 1.29 is 9.84 Å². The number of rotatable bonds is 6. The molecule has 2 unspecified atom stereocenters. The monoisotopic (exact) mass is 247 g/mol. The molecule has 3 nitrogen and oxygen atoms in total. The number of benzene rings is 1. The molecule has 0 aliphatic carbocycles. The standard InChI is InChI=1S/C15H21NO2/c1-5-7-12(6-2)16-11(3)14-10-13(18-4)8-9-15(14)17/h2,8-12,16-17H,5,7H2,1,3-4H3. The molecule has 0 heterocycles. The van der Waals surface area contributed by atoms with Crippen LogP contribution in [-0.4, -0.2) is 18.3 Å². The first kappa shape index (κ1) is 14.4. The molecule has 3 heteroatoms. The first-order chi connectivity index (χ1) is 8.62. The van der Waals surface area contributed by atoms with Crippen LogP contribution >= 0.6 is 0 Å². The third-order valence-corrected chi connectivity index (χ3v) is 2.93. The summed E-state index contributed by atoms with van der Waals surface area (Å²) in [6, 6.07) is 5.20. The fourth-order valence-corrected chi connectivity index (χ4v) is 1.90. The Balaban J connectivity index is 2.83. The zero-order chi connectivity index (χ0) is 13.5. The van der Waals surface area contributed by atoms with Crippen LogP contribution in [0.4, 0.5) is 0 Å². The molecule has 0 amide bonds. The van der Waals surface area contributed by atoms with Gasteiger partial charge in [-0.2, -0.15) is 0 Å². The van der Waals surface area contributed by atoms with Crippen molar-refractivity contribution in [3.05, 3.63) is 23.8 Å². The fraction of sp³-hybridized carbons (Fsp3) is 0.467. The summed E-state index contributed by atoms with van der Waals surface area (Å²) >= 11 is 0. The van der Waals surface area contributed by atoms with Crippen molar-refractivity contribution in [1.82, 2.24) is 5.32 Å². The minimum atomic E-state index is -0.0206. The topological polar surface area (TPSA) is 41.5 Å². The maximum Gasteiger partial charge on any atom is 0.120 e. The largest absolute Gasteiger partial charge is 0.508 e. The van der Waals surface area contributed by atoms with E-state index in [-0.39, 0.29) is 17.8 Å². The summed E-state index contributed by atoms with van der Waals surface area (Å²) in [6.07, 6.45) is 7.43. The molecule has 0 radical (unpaired) electrons. The molecular formula is C15H21NO2. The Kier molecular flexibility index (Phi) is 5.54. The Morgan fingerprint density at radius 3 is 2.78 bits per heavy atom. The van der Waals surface area contributed by atoms with Gasteiger partial charge in [0.05, 0.1) is 13.2 Å². The Morgan fingerprint density at radius 1 is 1.50 bits per heavy atom. The molecular weight excluding hydrogens is 226 g/mol. The first-order valence-electron chi connectivity index (χ1n) is 6.21. The van der Waals surface area contributed by atoms with Gasteiger partial charge in [-0.15, -0.1) is 6.42 Å². The van der Waals surface area contributed by atoms with Crippen molar-refractivity contribution in [2.24, 2.45) is 0 Å². The van der Waals surface area contributed by atoms with Crippen molar-refractivity contribution in [1.29, 1.82) is 0 Å². The SMILES string of the molecule is C#CC(CCC)NC(C)c1cc(OC)ccc1O. The lowest BCUT2D eigenvalue weighted by Crippen LogP contribution is -2.30. The van der Waals surface area contributed by atoms with E-state index in [1.807, 2.05) is 13.0 Å². The summed E-state index contributed by atoms with van der Waals surface area (Å²) in [5.41, 5.74) is 0.797. The van der Waals surface area contributed by atoms with Crippen LogP contribution in [-0.2, 0) is 0 Å². The summed E-state index contributed by atoms with van der Waals surface area (Å²) in [5.74, 6) is 3.71. The minimum Gasteiger partial charge on any atom is -0.508 e. The number of nitrogens with one attached hydrogen (secondary N) is 1. The van der Waals surface area contributed by atoms with Gasteiger partial charge < -0.3 is 9.84 Å². The first-order valence-corrected chi connectivity index (χ1v) is 6.21. The Labute approximate surface area is 109 Å². The lowest BCUT2D eigenvalue weighted by atomic mass is 10.0. The second-order valence-corrected chi connectivity index (χ2v) is 4.32. The van der Waals surface area contributed by atoms with Gasteiger partial charge in [0.15, 0.2) is 0 Å². The van der Waals surface area contributed by atoms with Crippen molar-refractivity contribution in [3.8, 4) is 23.8 Å². The molecule has 18 heavy (non-hydrogen) atoms. The number of ether oxygens (including phenoxy) is 1. The second kappa shape index (κ2) is 6.93. The number of methoxy groups -OCH3 is 1. The minimum absolute atomic E-state index is 0.0206. The molecule has 0 saturated heterocycles. The number of hydrogen-bond acceptors (Lipinski definition) is 3. The van der Waals surface area contributed by atoms with Crippen LogP contribution in [0.15, 0.2) is 18.2 Å². The van der Waals surface area contributed by atoms with E-state index in [2.05, 4.69) is 18.2 Å². The highest BCUT2D eigenvalue weighted by molar-refractivity contribution is 5.41. The van der Waals surface area contributed by atoms with Gasteiger partial charge in [-0.05, 0) is 31.5 Å². The van der Waals surface area contributed by atoms with E-state index in [0.29, 0.717) is 0 Å². The molecule has 1 rings (SSSR count). The zero-order valence-corrected chi connectivity index (χ0v) is 11.2. The van der Waals surface area contributed by atoms with Crippen LogP contribution in [0.25, 0.3) is 0 Å². The van der Waals surface area contributed by atoms with E-state index in [4.69, 9.17) is 11.2 Å². The second-order valence-electron chi connectivity index (χ2n) is 4.32. The number of phenolic OH excluding ortho intramolecular Hbond substituents is 1. The van der Waals surface area contributed by atoms with Crippen molar-refractivity contribution in [2.45, 2.75) is 38.8 Å². The predicted octanol–water partition coefficient (Wildman–Crippen LogP) is 2.85. The van der Waals surface area contributed by atoms with Crippen LogP contribution in [0.5, 0.6) is 11.5 Å². The molecule has 0 spiro atoms. The quantitative estimate of drug-likeness (QED) is 0.759. The maximum atomic E-state index is 9.87. The average molecular weight is 247 g/mol. The normalized spacial score (nSPS) is 13.7. The maximum absolute atomic E-state index is 9.87. The summed E-state index contributed by atoms with van der Waals surface area (Å²) < 4.78 is 5.16. The molecule has 98 valence electrons. The zero-order valence-electron chi connectivity index (χ0n) is 11.2. The highest BCUT2D eigenvalue weighted by Gasteiger charge is 2.14. The van der Waals surface area contributed by atoms with Gasteiger partial charge in [0, 0.05) is 11.6 Å². The fourth-order valence-electron chi connectivity index (χ4n) is 1.90. The summed E-state index contributed by atoms with van der Waals surface area (Å²) in [6.45, 7) is 4.08. The van der Waals surface area contributed by atoms with Crippen LogP contribution in [0.3, 0.4) is 0 Å². The highest BCUT2D eigenvalue weighted by Crippen LogP contribution is 2.28. The van der Waals surface area contributed by atoms with Gasteiger partial charge in [0.1, 0.15) is 11.5 Å². The molecule has 2 atom stereocenters. The number of hydrogen-bond donors (Lipinski definition) is 2. The Hall–Kier alpha value is -1.66. The van der Waals surface area contributed by atoms with Crippen molar-refractivity contribution in [2.75, 3.05) is 7.11 Å². The lowest BCUT2D eigenvalue weighted by molar-refractivity contribution is 0.405. The molecule has 2 N–H and O–H groups in total. The Bertz CT molecular complexity index is 423.